The van der Waals surface area contributed by atoms with E-state index in [1.54, 1.807) is 12.1 Å². The fourth-order valence-electron chi connectivity index (χ4n) is 4.63. The molecule has 34 heavy (non-hydrogen) atoms. The predicted molar refractivity (Wildman–Crippen MR) is 117 cm³/mol. The van der Waals surface area contributed by atoms with Gasteiger partial charge in [-0.25, -0.2) is 4.98 Å². The summed E-state index contributed by atoms with van der Waals surface area (Å²) in [5.41, 5.74) is 6.12. The summed E-state index contributed by atoms with van der Waals surface area (Å²) in [6.45, 7) is -0.554. The first-order chi connectivity index (χ1) is 16.0. The number of nitrogens with two attached hydrogens (primary N) is 1. The third-order valence-electron chi connectivity index (χ3n) is 6.18. The summed E-state index contributed by atoms with van der Waals surface area (Å²) in [5, 5.41) is 2.94. The molecule has 2 fully saturated rings. The number of rotatable bonds is 8. The topological polar surface area (TPSA) is 104 Å². The van der Waals surface area contributed by atoms with E-state index in [2.05, 4.69) is 10.3 Å². The summed E-state index contributed by atoms with van der Waals surface area (Å²) in [6, 6.07) is 7.37. The van der Waals surface area contributed by atoms with Crippen molar-refractivity contribution < 1.29 is 32.2 Å². The number of benzene rings is 1. The van der Waals surface area contributed by atoms with Crippen LogP contribution in [0.25, 0.3) is 0 Å². The van der Waals surface area contributed by atoms with Crippen molar-refractivity contribution in [2.45, 2.75) is 50.4 Å². The van der Waals surface area contributed by atoms with E-state index in [4.69, 9.17) is 23.1 Å². The summed E-state index contributed by atoms with van der Waals surface area (Å²) in [7, 11) is 5.78. The highest BCUT2D eigenvalue weighted by molar-refractivity contribution is 6.32. The fraction of sp³-hybridized carbons (Fsp3) is 0.435. The third kappa shape index (κ3) is 5.63. The molecule has 7 nitrogen and oxygen atoms in total. The van der Waals surface area contributed by atoms with Crippen LogP contribution in [0.3, 0.4) is 0 Å². The van der Waals surface area contributed by atoms with Crippen LogP contribution in [0.5, 0.6) is 11.6 Å². The number of carbonyl (C=O) groups excluding carboxylic acids is 2. The van der Waals surface area contributed by atoms with Gasteiger partial charge in [0.1, 0.15) is 25.3 Å². The molecule has 0 aliphatic heterocycles. The van der Waals surface area contributed by atoms with Crippen molar-refractivity contribution in [3.63, 3.8) is 0 Å². The quantitative estimate of drug-likeness (QED) is 0.574. The van der Waals surface area contributed by atoms with Gasteiger partial charge in [0.25, 0.3) is 11.8 Å². The maximum atomic E-state index is 12.6. The number of amides is 2. The first kappa shape index (κ1) is 23.9. The van der Waals surface area contributed by atoms with Gasteiger partial charge in [0, 0.05) is 17.8 Å². The lowest BCUT2D eigenvalue weighted by atomic mass is 9.53. The number of nitrogens with one attached hydrogen (secondary N) is 1. The first-order valence-electron chi connectivity index (χ1n) is 10.8. The van der Waals surface area contributed by atoms with Crippen LogP contribution >= 0.6 is 0 Å². The van der Waals surface area contributed by atoms with E-state index in [9.17, 15) is 22.8 Å². The van der Waals surface area contributed by atoms with Crippen LogP contribution in [0.15, 0.2) is 36.5 Å². The molecular weight excluding hydrogens is 450 g/mol. The number of hydrogen-bond acceptors (Lipinski definition) is 5. The van der Waals surface area contributed by atoms with E-state index in [-0.39, 0.29) is 51.7 Å². The van der Waals surface area contributed by atoms with E-state index >= 15 is 0 Å². The largest absolute Gasteiger partial charge is 0.493 e. The van der Waals surface area contributed by atoms with Crippen molar-refractivity contribution in [3.05, 3.63) is 47.7 Å². The molecule has 4 rings (SSSR count). The normalized spacial score (nSPS) is 23.5. The van der Waals surface area contributed by atoms with Crippen LogP contribution in [0.4, 0.5) is 13.2 Å². The minimum atomic E-state index is -4.33. The molecule has 1 heterocycles. The van der Waals surface area contributed by atoms with Crippen molar-refractivity contribution in [1.29, 1.82) is 0 Å². The number of ether oxygens (including phenoxy) is 2. The van der Waals surface area contributed by atoms with E-state index in [0.717, 1.165) is 25.7 Å². The van der Waals surface area contributed by atoms with Gasteiger partial charge in [0.05, 0.1) is 13.0 Å². The third-order valence-corrected chi connectivity index (χ3v) is 6.18. The predicted octanol–water partition coefficient (Wildman–Crippen LogP) is 2.43. The minimum absolute atomic E-state index is 0.0273. The van der Waals surface area contributed by atoms with Crippen molar-refractivity contribution >= 4 is 25.1 Å². The Labute approximate surface area is 195 Å². The smallest absolute Gasteiger partial charge is 0.392 e. The average Bonchev–Trinajstić information content (AvgIpc) is 2.69. The summed E-state index contributed by atoms with van der Waals surface area (Å²) >= 11 is 0. The molecule has 1 spiro atoms. The van der Waals surface area contributed by atoms with Gasteiger partial charge in [-0.15, -0.1) is 0 Å². The number of alkyl halides is 3. The van der Waals surface area contributed by atoms with Crippen LogP contribution < -0.4 is 26.0 Å². The Morgan fingerprint density at radius 2 is 1.94 bits per heavy atom. The first-order valence-corrected chi connectivity index (χ1v) is 10.8. The number of halogens is 3. The van der Waals surface area contributed by atoms with Gasteiger partial charge in [-0.05, 0) is 55.4 Å². The Morgan fingerprint density at radius 3 is 2.62 bits per heavy atom. The monoisotopic (exact) mass is 473 g/mol. The molecule has 0 unspecified atom stereocenters. The lowest BCUT2D eigenvalue weighted by Gasteiger charge is -2.57. The molecule has 0 saturated heterocycles. The summed E-state index contributed by atoms with van der Waals surface area (Å²) in [5.74, 6) is -0.615. The van der Waals surface area contributed by atoms with Crippen LogP contribution in [0, 0.1) is 5.41 Å². The number of primary amides is 1. The Balaban J connectivity index is 1.25. The Kier molecular flexibility index (Phi) is 6.46. The number of hydrogen-bond donors (Lipinski definition) is 2. The molecule has 2 aliphatic rings. The molecule has 2 amide bonds. The number of aromatic nitrogens is 1. The highest BCUT2D eigenvalue weighted by Crippen LogP contribution is 2.56. The second-order valence-corrected chi connectivity index (χ2v) is 8.95. The molecule has 0 bridgehead atoms. The van der Waals surface area contributed by atoms with Crippen molar-refractivity contribution in [3.8, 4) is 11.6 Å². The second kappa shape index (κ2) is 9.19. The Hall–Kier alpha value is -3.24. The van der Waals surface area contributed by atoms with Crippen LogP contribution in [-0.2, 0) is 0 Å². The van der Waals surface area contributed by atoms with Crippen LogP contribution in [-0.4, -0.2) is 49.6 Å². The average molecular weight is 473 g/mol. The van der Waals surface area contributed by atoms with Crippen LogP contribution in [0.2, 0.25) is 0 Å². The maximum Gasteiger partial charge on any atom is 0.392 e. The van der Waals surface area contributed by atoms with Crippen molar-refractivity contribution in [2.75, 3.05) is 6.61 Å². The van der Waals surface area contributed by atoms with Gasteiger partial charge in [0.15, 0.2) is 0 Å². The van der Waals surface area contributed by atoms with Gasteiger partial charge < -0.3 is 20.5 Å². The second-order valence-electron chi connectivity index (χ2n) is 8.95. The molecule has 1 aromatic heterocycles. The van der Waals surface area contributed by atoms with Gasteiger partial charge in [-0.1, -0.05) is 11.5 Å². The van der Waals surface area contributed by atoms with Crippen molar-refractivity contribution in [1.82, 2.24) is 10.3 Å². The Bertz CT molecular complexity index is 1080. The lowest BCUT2D eigenvalue weighted by Crippen LogP contribution is -2.58. The zero-order chi connectivity index (χ0) is 24.5. The van der Waals surface area contributed by atoms with E-state index in [1.165, 1.54) is 24.4 Å². The van der Waals surface area contributed by atoms with Gasteiger partial charge in [-0.2, -0.15) is 13.2 Å². The highest BCUT2D eigenvalue weighted by Gasteiger charge is 2.54. The lowest BCUT2D eigenvalue weighted by molar-refractivity contribution is -0.139. The molecule has 3 N–H and O–H groups in total. The summed E-state index contributed by atoms with van der Waals surface area (Å²) < 4.78 is 47.9. The molecule has 2 radical (unpaired) electrons. The number of carbonyl (C=O) groups is 2. The number of nitrogens with zero attached hydrogens (tertiary/aromatic N) is 1. The molecule has 0 atom stereocenters. The highest BCUT2D eigenvalue weighted by atomic mass is 19.4. The van der Waals surface area contributed by atoms with E-state index in [0.29, 0.717) is 0 Å². The van der Waals surface area contributed by atoms with Gasteiger partial charge >= 0.3 is 6.18 Å². The van der Waals surface area contributed by atoms with E-state index < -0.39 is 25.1 Å². The van der Waals surface area contributed by atoms with Gasteiger partial charge in [-0.3, -0.25) is 9.59 Å². The summed E-state index contributed by atoms with van der Waals surface area (Å²) in [6.07, 6.45) is -0.839. The summed E-state index contributed by atoms with van der Waals surface area (Å²) in [4.78, 5) is 28.2. The molecule has 11 heteroatoms. The molecule has 2 aromatic rings. The fourth-order valence-corrected chi connectivity index (χ4v) is 4.63. The molecular formula is C23H23BF3N3O4. The van der Waals surface area contributed by atoms with E-state index in [1.807, 2.05) is 0 Å². The standard InChI is InChI=1S/C23H23BF3N3O4/c24-14-6-13(7-16(8-14)33-5-3-23(25,26)27)20(32)30-15-9-22(10-15)11-17(12-22)34-21-18(19(28)31)2-1-4-29-21/h1-2,4,6-8,15,17H,3,5,9-12H2,(H2,28,31)(H,30,32). The molecule has 2 aliphatic carbocycles. The van der Waals surface area contributed by atoms with Gasteiger partial charge in [0.2, 0.25) is 5.88 Å². The molecule has 1 aromatic carbocycles. The zero-order valence-electron chi connectivity index (χ0n) is 18.2. The maximum absolute atomic E-state index is 12.6. The molecule has 178 valence electrons. The Morgan fingerprint density at radius 1 is 1.21 bits per heavy atom. The zero-order valence-corrected chi connectivity index (χ0v) is 18.2. The minimum Gasteiger partial charge on any atom is -0.493 e. The van der Waals surface area contributed by atoms with Crippen molar-refractivity contribution in [2.24, 2.45) is 11.1 Å². The molecule has 2 saturated carbocycles. The van der Waals surface area contributed by atoms with Crippen LogP contribution in [0.1, 0.15) is 52.8 Å². The number of pyridine rings is 1. The SMILES string of the molecule is [B]c1cc(OCCC(F)(F)F)cc(C(=O)NC2CC3(C2)CC(Oc2ncccc2C(N)=O)C3)c1.